The lowest BCUT2D eigenvalue weighted by atomic mass is 9.96. The predicted molar refractivity (Wildman–Crippen MR) is 117 cm³/mol. The van der Waals surface area contributed by atoms with Gasteiger partial charge >= 0.3 is 0 Å². The van der Waals surface area contributed by atoms with Crippen molar-refractivity contribution in [3.63, 3.8) is 0 Å². The number of hydrogen-bond donors (Lipinski definition) is 1. The zero-order chi connectivity index (χ0) is 20.2. The molecule has 2 heterocycles. The molecule has 2 unspecified atom stereocenters. The van der Waals surface area contributed by atoms with Crippen molar-refractivity contribution in [2.75, 3.05) is 31.6 Å². The van der Waals surface area contributed by atoms with Crippen molar-refractivity contribution < 1.29 is 9.90 Å². The fourth-order valence-corrected chi connectivity index (χ4v) is 4.78. The van der Waals surface area contributed by atoms with Gasteiger partial charge in [-0.2, -0.15) is 0 Å². The van der Waals surface area contributed by atoms with Gasteiger partial charge in [0.1, 0.15) is 0 Å². The van der Waals surface area contributed by atoms with Crippen LogP contribution < -0.4 is 4.90 Å². The quantitative estimate of drug-likeness (QED) is 0.679. The van der Waals surface area contributed by atoms with Crippen LogP contribution in [-0.4, -0.2) is 47.6 Å². The highest BCUT2D eigenvalue weighted by Crippen LogP contribution is 2.33. The maximum absolute atomic E-state index is 13.2. The standard InChI is InChI=1S/C23H25N3O2S/c1-25(23-24-12-21(29-23)18-10-6-3-7-11-18)22(28)20-15-26(14-19(20)16-27)13-17-8-4-2-5-9-17/h2-12,19-20,27H,13-16H2,1H3. The summed E-state index contributed by atoms with van der Waals surface area (Å²) in [5.41, 5.74) is 2.32. The second kappa shape index (κ2) is 8.86. The van der Waals surface area contributed by atoms with Crippen LogP contribution in [0.1, 0.15) is 5.56 Å². The molecule has 29 heavy (non-hydrogen) atoms. The minimum absolute atomic E-state index is 0.0165. The lowest BCUT2D eigenvalue weighted by Gasteiger charge is -2.21. The van der Waals surface area contributed by atoms with Gasteiger partial charge in [-0.25, -0.2) is 4.98 Å². The number of anilines is 1. The van der Waals surface area contributed by atoms with Gasteiger partial charge in [0.2, 0.25) is 5.91 Å². The number of hydrogen-bond acceptors (Lipinski definition) is 5. The van der Waals surface area contributed by atoms with Crippen molar-refractivity contribution in [1.82, 2.24) is 9.88 Å². The van der Waals surface area contributed by atoms with E-state index in [1.807, 2.05) is 54.7 Å². The van der Waals surface area contributed by atoms with E-state index in [0.717, 1.165) is 23.5 Å². The van der Waals surface area contributed by atoms with Gasteiger partial charge in [0.05, 0.1) is 10.8 Å². The number of rotatable bonds is 6. The minimum atomic E-state index is -0.224. The number of benzene rings is 2. The van der Waals surface area contributed by atoms with E-state index in [0.29, 0.717) is 11.7 Å². The van der Waals surface area contributed by atoms with Crippen LogP contribution >= 0.6 is 11.3 Å². The number of thiazole rings is 1. The maximum atomic E-state index is 13.2. The first-order chi connectivity index (χ1) is 14.2. The monoisotopic (exact) mass is 407 g/mol. The fourth-order valence-electron chi connectivity index (χ4n) is 3.89. The highest BCUT2D eigenvalue weighted by molar-refractivity contribution is 7.19. The van der Waals surface area contributed by atoms with E-state index < -0.39 is 0 Å². The number of carbonyl (C=O) groups excluding carboxylic acids is 1. The molecule has 0 bridgehead atoms. The SMILES string of the molecule is CN(C(=O)C1CN(Cc2ccccc2)CC1CO)c1ncc(-c2ccccc2)s1. The third-order valence-electron chi connectivity index (χ3n) is 5.49. The average Bonchev–Trinajstić information content (AvgIpc) is 3.41. The van der Waals surface area contributed by atoms with Crippen molar-refractivity contribution in [2.24, 2.45) is 11.8 Å². The Bertz CT molecular complexity index is 945. The molecule has 1 fully saturated rings. The summed E-state index contributed by atoms with van der Waals surface area (Å²) in [7, 11) is 1.78. The van der Waals surface area contributed by atoms with Crippen LogP contribution in [0.3, 0.4) is 0 Å². The Hall–Kier alpha value is -2.54. The third-order valence-corrected chi connectivity index (χ3v) is 6.61. The van der Waals surface area contributed by atoms with E-state index in [1.54, 1.807) is 11.9 Å². The van der Waals surface area contributed by atoms with Gasteiger partial charge < -0.3 is 5.11 Å². The molecule has 150 valence electrons. The first-order valence-corrected chi connectivity index (χ1v) is 10.6. The second-order valence-electron chi connectivity index (χ2n) is 7.50. The molecule has 0 aliphatic carbocycles. The number of aliphatic hydroxyl groups excluding tert-OH is 1. The minimum Gasteiger partial charge on any atom is -0.396 e. The molecule has 1 aliphatic heterocycles. The first kappa shape index (κ1) is 19.8. The van der Waals surface area contributed by atoms with Crippen LogP contribution in [0.25, 0.3) is 10.4 Å². The summed E-state index contributed by atoms with van der Waals surface area (Å²) in [6.07, 6.45) is 1.82. The largest absolute Gasteiger partial charge is 0.396 e. The van der Waals surface area contributed by atoms with Crippen LogP contribution in [0, 0.1) is 11.8 Å². The van der Waals surface area contributed by atoms with Gasteiger partial charge in [-0.15, -0.1) is 0 Å². The molecule has 1 saturated heterocycles. The van der Waals surface area contributed by atoms with Gasteiger partial charge in [-0.1, -0.05) is 72.0 Å². The summed E-state index contributed by atoms with van der Waals surface area (Å²) in [5, 5.41) is 10.6. The van der Waals surface area contributed by atoms with E-state index in [4.69, 9.17) is 0 Å². The summed E-state index contributed by atoms with van der Waals surface area (Å²) in [5.74, 6) is -0.256. The van der Waals surface area contributed by atoms with Crippen LogP contribution in [-0.2, 0) is 11.3 Å². The number of likely N-dealkylation sites (tertiary alicyclic amines) is 1. The van der Waals surface area contributed by atoms with Crippen molar-refractivity contribution >= 4 is 22.4 Å². The van der Waals surface area contributed by atoms with Crippen LogP contribution in [0.4, 0.5) is 5.13 Å². The summed E-state index contributed by atoms with van der Waals surface area (Å²) in [6.45, 7) is 2.19. The van der Waals surface area contributed by atoms with Crippen molar-refractivity contribution in [1.29, 1.82) is 0 Å². The Morgan fingerprint density at radius 2 is 1.83 bits per heavy atom. The number of carbonyl (C=O) groups is 1. The Labute approximate surface area is 175 Å². The van der Waals surface area contributed by atoms with E-state index >= 15 is 0 Å². The molecule has 0 spiro atoms. The summed E-state index contributed by atoms with van der Waals surface area (Å²) < 4.78 is 0. The Balaban J connectivity index is 1.46. The zero-order valence-corrected chi connectivity index (χ0v) is 17.3. The molecular weight excluding hydrogens is 382 g/mol. The highest BCUT2D eigenvalue weighted by Gasteiger charge is 2.39. The smallest absolute Gasteiger partial charge is 0.233 e. The van der Waals surface area contributed by atoms with E-state index in [1.165, 1.54) is 16.9 Å². The molecule has 1 amide bonds. The lowest BCUT2D eigenvalue weighted by molar-refractivity contribution is -0.123. The van der Waals surface area contributed by atoms with Crippen LogP contribution in [0.5, 0.6) is 0 Å². The van der Waals surface area contributed by atoms with Gasteiger partial charge in [0.15, 0.2) is 5.13 Å². The number of amides is 1. The van der Waals surface area contributed by atoms with Gasteiger partial charge in [0, 0.05) is 45.4 Å². The average molecular weight is 408 g/mol. The van der Waals surface area contributed by atoms with Crippen molar-refractivity contribution in [3.8, 4) is 10.4 Å². The molecule has 6 heteroatoms. The van der Waals surface area contributed by atoms with Crippen molar-refractivity contribution in [3.05, 3.63) is 72.4 Å². The molecule has 0 saturated carbocycles. The normalized spacial score (nSPS) is 19.4. The van der Waals surface area contributed by atoms with E-state index in [9.17, 15) is 9.90 Å². The molecule has 4 rings (SSSR count). The predicted octanol–water partition coefficient (Wildman–Crippen LogP) is 3.51. The summed E-state index contributed by atoms with van der Waals surface area (Å²) in [6, 6.07) is 20.3. The van der Waals surface area contributed by atoms with Crippen molar-refractivity contribution in [2.45, 2.75) is 6.54 Å². The van der Waals surface area contributed by atoms with Gasteiger partial charge in [-0.3, -0.25) is 14.6 Å². The molecule has 1 aliphatic rings. The molecule has 2 atom stereocenters. The van der Waals surface area contributed by atoms with Crippen LogP contribution in [0.2, 0.25) is 0 Å². The van der Waals surface area contributed by atoms with Crippen LogP contribution in [0.15, 0.2) is 66.9 Å². The molecule has 5 nitrogen and oxygen atoms in total. The third kappa shape index (κ3) is 4.40. The topological polar surface area (TPSA) is 56.7 Å². The summed E-state index contributed by atoms with van der Waals surface area (Å²) >= 11 is 1.51. The molecule has 2 aromatic carbocycles. The molecule has 1 N–H and O–H groups in total. The maximum Gasteiger partial charge on any atom is 0.233 e. The molecule has 3 aromatic rings. The van der Waals surface area contributed by atoms with E-state index in [2.05, 4.69) is 22.0 Å². The fraction of sp³-hybridized carbons (Fsp3) is 0.304. The molecular formula is C23H25N3O2S. The highest BCUT2D eigenvalue weighted by atomic mass is 32.1. The number of aliphatic hydroxyl groups is 1. The van der Waals surface area contributed by atoms with E-state index in [-0.39, 0.29) is 24.3 Å². The molecule has 1 aromatic heterocycles. The number of aromatic nitrogens is 1. The van der Waals surface area contributed by atoms with Gasteiger partial charge in [0.25, 0.3) is 0 Å². The first-order valence-electron chi connectivity index (χ1n) is 9.81. The van der Waals surface area contributed by atoms with Gasteiger partial charge in [-0.05, 0) is 11.1 Å². The Morgan fingerprint density at radius 3 is 2.52 bits per heavy atom. The lowest BCUT2D eigenvalue weighted by Crippen LogP contribution is -2.37. The number of nitrogens with zero attached hydrogens (tertiary/aromatic N) is 3. The Kier molecular flexibility index (Phi) is 6.04. The second-order valence-corrected chi connectivity index (χ2v) is 8.51. The Morgan fingerprint density at radius 1 is 1.14 bits per heavy atom. The molecule has 0 radical (unpaired) electrons. The summed E-state index contributed by atoms with van der Waals surface area (Å²) in [4.78, 5) is 22.6. The zero-order valence-electron chi connectivity index (χ0n) is 16.4.